The van der Waals surface area contributed by atoms with Crippen molar-refractivity contribution >= 4 is 23.2 Å². The number of carbonyl (C=O) groups is 1. The van der Waals surface area contributed by atoms with E-state index in [1.54, 1.807) is 25.3 Å². The van der Waals surface area contributed by atoms with E-state index >= 15 is 0 Å². The number of ether oxygens (including phenoxy) is 1. The molecule has 0 saturated carbocycles. The summed E-state index contributed by atoms with van der Waals surface area (Å²) in [4.78, 5) is 12.2. The average Bonchev–Trinajstić information content (AvgIpc) is 2.50. The van der Waals surface area contributed by atoms with E-state index in [9.17, 15) is 4.79 Å². The summed E-state index contributed by atoms with van der Waals surface area (Å²) in [6.45, 7) is 1.92. The van der Waals surface area contributed by atoms with E-state index in [1.165, 1.54) is 0 Å². The first-order valence-electron chi connectivity index (χ1n) is 6.51. The first kappa shape index (κ1) is 15.2. The second-order valence-electron chi connectivity index (χ2n) is 4.70. The molecule has 0 aliphatic carbocycles. The van der Waals surface area contributed by atoms with Crippen molar-refractivity contribution in [2.75, 3.05) is 12.8 Å². The van der Waals surface area contributed by atoms with Crippen molar-refractivity contribution < 1.29 is 9.53 Å². The van der Waals surface area contributed by atoms with E-state index in [0.717, 1.165) is 11.3 Å². The van der Waals surface area contributed by atoms with Gasteiger partial charge in [-0.3, -0.25) is 4.79 Å². The fourth-order valence-electron chi connectivity index (χ4n) is 1.94. The Balaban J connectivity index is 2.08. The Morgan fingerprint density at radius 3 is 2.48 bits per heavy atom. The molecule has 21 heavy (non-hydrogen) atoms. The lowest BCUT2D eigenvalue weighted by molar-refractivity contribution is 0.0940. The Labute approximate surface area is 128 Å². The van der Waals surface area contributed by atoms with Crippen LogP contribution >= 0.6 is 11.6 Å². The van der Waals surface area contributed by atoms with Gasteiger partial charge >= 0.3 is 0 Å². The number of anilines is 1. The highest BCUT2D eigenvalue weighted by Gasteiger charge is 2.12. The third kappa shape index (κ3) is 3.67. The SMILES string of the molecule is COc1ccc([C@H](C)NC(=O)c2ccc(Cl)c(N)c2)cc1. The highest BCUT2D eigenvalue weighted by molar-refractivity contribution is 6.33. The first-order valence-corrected chi connectivity index (χ1v) is 6.89. The normalized spacial score (nSPS) is 11.8. The molecule has 110 valence electrons. The molecule has 1 amide bonds. The van der Waals surface area contributed by atoms with Crippen LogP contribution in [0.15, 0.2) is 42.5 Å². The zero-order valence-corrected chi connectivity index (χ0v) is 12.6. The van der Waals surface area contributed by atoms with Gasteiger partial charge in [-0.2, -0.15) is 0 Å². The van der Waals surface area contributed by atoms with Gasteiger partial charge in [0.25, 0.3) is 5.91 Å². The number of rotatable bonds is 4. The van der Waals surface area contributed by atoms with Crippen LogP contribution in [0.25, 0.3) is 0 Å². The molecule has 0 heterocycles. The van der Waals surface area contributed by atoms with E-state index in [4.69, 9.17) is 22.1 Å². The zero-order chi connectivity index (χ0) is 15.4. The lowest BCUT2D eigenvalue weighted by atomic mass is 10.1. The summed E-state index contributed by atoms with van der Waals surface area (Å²) < 4.78 is 5.11. The maximum Gasteiger partial charge on any atom is 0.251 e. The van der Waals surface area contributed by atoms with Crippen molar-refractivity contribution in [3.8, 4) is 5.75 Å². The maximum absolute atomic E-state index is 12.2. The van der Waals surface area contributed by atoms with Gasteiger partial charge in [-0.1, -0.05) is 23.7 Å². The van der Waals surface area contributed by atoms with Crippen LogP contribution in [0.3, 0.4) is 0 Å². The number of amides is 1. The second-order valence-corrected chi connectivity index (χ2v) is 5.11. The van der Waals surface area contributed by atoms with Crippen LogP contribution in [0, 0.1) is 0 Å². The third-order valence-electron chi connectivity index (χ3n) is 3.22. The van der Waals surface area contributed by atoms with Gasteiger partial charge in [0.15, 0.2) is 0 Å². The Morgan fingerprint density at radius 1 is 1.24 bits per heavy atom. The average molecular weight is 305 g/mol. The lowest BCUT2D eigenvalue weighted by Crippen LogP contribution is -2.26. The predicted molar refractivity (Wildman–Crippen MR) is 84.7 cm³/mol. The second kappa shape index (κ2) is 6.50. The van der Waals surface area contributed by atoms with Gasteiger partial charge in [0.05, 0.1) is 23.9 Å². The molecule has 0 aromatic heterocycles. The quantitative estimate of drug-likeness (QED) is 0.851. The molecule has 4 nitrogen and oxygen atoms in total. The smallest absolute Gasteiger partial charge is 0.251 e. The minimum atomic E-state index is -0.193. The van der Waals surface area contributed by atoms with Crippen LogP contribution in [0.1, 0.15) is 28.9 Å². The van der Waals surface area contributed by atoms with E-state index < -0.39 is 0 Å². The number of halogens is 1. The van der Waals surface area contributed by atoms with Gasteiger partial charge in [-0.15, -0.1) is 0 Å². The Bertz CT molecular complexity index is 641. The standard InChI is InChI=1S/C16H17ClN2O2/c1-10(11-3-6-13(21-2)7-4-11)19-16(20)12-5-8-14(17)15(18)9-12/h3-10H,18H2,1-2H3,(H,19,20)/t10-/m0/s1. The topological polar surface area (TPSA) is 64.3 Å². The molecule has 0 unspecified atom stereocenters. The molecule has 1 atom stereocenters. The summed E-state index contributed by atoms with van der Waals surface area (Å²) in [5.41, 5.74) is 7.57. The first-order chi connectivity index (χ1) is 10.0. The monoisotopic (exact) mass is 304 g/mol. The van der Waals surface area contributed by atoms with Gasteiger partial charge < -0.3 is 15.8 Å². The molecule has 0 fully saturated rings. The van der Waals surface area contributed by atoms with Crippen LogP contribution < -0.4 is 15.8 Å². The highest BCUT2D eigenvalue weighted by atomic mass is 35.5. The largest absolute Gasteiger partial charge is 0.497 e. The van der Waals surface area contributed by atoms with Gasteiger partial charge in [-0.25, -0.2) is 0 Å². The van der Waals surface area contributed by atoms with Crippen molar-refractivity contribution in [2.24, 2.45) is 0 Å². The number of carbonyl (C=O) groups excluding carboxylic acids is 1. The fraction of sp³-hybridized carbons (Fsp3) is 0.188. The van der Waals surface area contributed by atoms with Gasteiger partial charge in [0.1, 0.15) is 5.75 Å². The minimum absolute atomic E-state index is 0.125. The molecule has 0 radical (unpaired) electrons. The van der Waals surface area contributed by atoms with Gasteiger partial charge in [0, 0.05) is 5.56 Å². The van der Waals surface area contributed by atoms with Crippen LogP contribution in [0.2, 0.25) is 5.02 Å². The number of hydrogen-bond donors (Lipinski definition) is 2. The zero-order valence-electron chi connectivity index (χ0n) is 11.9. The summed E-state index contributed by atoms with van der Waals surface area (Å²) in [6, 6.07) is 12.3. The fourth-order valence-corrected chi connectivity index (χ4v) is 2.06. The molecule has 0 spiro atoms. The van der Waals surface area contributed by atoms with Crippen molar-refractivity contribution in [3.05, 3.63) is 58.6 Å². The molecular weight excluding hydrogens is 288 g/mol. The van der Waals surface area contributed by atoms with Crippen LogP contribution in [-0.2, 0) is 0 Å². The van der Waals surface area contributed by atoms with E-state index in [1.807, 2.05) is 31.2 Å². The number of nitrogen functional groups attached to an aromatic ring is 1. The highest BCUT2D eigenvalue weighted by Crippen LogP contribution is 2.21. The van der Waals surface area contributed by atoms with Crippen molar-refractivity contribution in [3.63, 3.8) is 0 Å². The van der Waals surface area contributed by atoms with Crippen LogP contribution in [-0.4, -0.2) is 13.0 Å². The molecule has 0 aliphatic heterocycles. The Morgan fingerprint density at radius 2 is 1.90 bits per heavy atom. The summed E-state index contributed by atoms with van der Waals surface area (Å²) in [5.74, 6) is 0.587. The molecule has 0 saturated heterocycles. The summed E-state index contributed by atoms with van der Waals surface area (Å²) in [5, 5.41) is 3.36. The maximum atomic E-state index is 12.2. The van der Waals surface area contributed by atoms with Crippen LogP contribution in [0.5, 0.6) is 5.75 Å². The van der Waals surface area contributed by atoms with Gasteiger partial charge in [-0.05, 0) is 42.8 Å². The molecular formula is C16H17ClN2O2. The molecule has 2 rings (SSSR count). The van der Waals surface area contributed by atoms with E-state index in [2.05, 4.69) is 5.32 Å². The molecule has 2 aromatic rings. The molecule has 5 heteroatoms. The lowest BCUT2D eigenvalue weighted by Gasteiger charge is -2.15. The molecule has 2 aromatic carbocycles. The minimum Gasteiger partial charge on any atom is -0.497 e. The number of hydrogen-bond acceptors (Lipinski definition) is 3. The molecule has 3 N–H and O–H groups in total. The molecule has 0 bridgehead atoms. The van der Waals surface area contributed by atoms with Crippen molar-refractivity contribution in [1.29, 1.82) is 0 Å². The summed E-state index contributed by atoms with van der Waals surface area (Å²) >= 11 is 5.85. The third-order valence-corrected chi connectivity index (χ3v) is 3.57. The summed E-state index contributed by atoms with van der Waals surface area (Å²) in [6.07, 6.45) is 0. The molecule has 0 aliphatic rings. The van der Waals surface area contributed by atoms with Gasteiger partial charge in [0.2, 0.25) is 0 Å². The Hall–Kier alpha value is -2.20. The summed E-state index contributed by atoms with van der Waals surface area (Å²) in [7, 11) is 1.62. The van der Waals surface area contributed by atoms with Crippen molar-refractivity contribution in [1.82, 2.24) is 5.32 Å². The number of benzene rings is 2. The van der Waals surface area contributed by atoms with E-state index in [0.29, 0.717) is 16.3 Å². The predicted octanol–water partition coefficient (Wildman–Crippen LogP) is 3.42. The Kier molecular flexibility index (Phi) is 4.70. The number of nitrogens with two attached hydrogens (primary N) is 1. The van der Waals surface area contributed by atoms with Crippen LogP contribution in [0.4, 0.5) is 5.69 Å². The number of methoxy groups -OCH3 is 1. The van der Waals surface area contributed by atoms with Crippen molar-refractivity contribution in [2.45, 2.75) is 13.0 Å². The number of nitrogens with one attached hydrogen (secondary N) is 1. The van der Waals surface area contributed by atoms with E-state index in [-0.39, 0.29) is 11.9 Å².